The number of hydrogen-bond acceptors (Lipinski definition) is 4. The number of Topliss-reactive ketones (excluding diaryl/α,β-unsaturated/α-hetero) is 1. The van der Waals surface area contributed by atoms with Crippen LogP contribution in [-0.4, -0.2) is 29.8 Å². The lowest BCUT2D eigenvalue weighted by atomic mass is 10.1. The van der Waals surface area contributed by atoms with Gasteiger partial charge in [0.2, 0.25) is 5.91 Å². The molecule has 0 saturated carbocycles. The Labute approximate surface area is 147 Å². The van der Waals surface area contributed by atoms with Crippen molar-refractivity contribution in [3.63, 3.8) is 0 Å². The zero-order valence-electron chi connectivity index (χ0n) is 13.5. The van der Waals surface area contributed by atoms with Gasteiger partial charge < -0.3 is 15.0 Å². The number of aromatic amines is 1. The fourth-order valence-corrected chi connectivity index (χ4v) is 2.82. The molecule has 0 atom stereocenters. The standard InChI is InChI=1S/C17H17BrN2O4/c1-9-15(17(23)24-3)13(20-16(9)10(2)21)8-14(22)19-12-7-5-4-6-11(12)18/h4-7,20H,8H2,1-3H3,(H,19,22). The molecule has 7 heteroatoms. The van der Waals surface area contributed by atoms with Gasteiger partial charge in [-0.2, -0.15) is 0 Å². The molecule has 126 valence electrons. The third-order valence-corrected chi connectivity index (χ3v) is 4.25. The zero-order valence-corrected chi connectivity index (χ0v) is 15.1. The number of amides is 1. The highest BCUT2D eigenvalue weighted by Crippen LogP contribution is 2.23. The van der Waals surface area contributed by atoms with Crippen molar-refractivity contribution >= 4 is 39.3 Å². The van der Waals surface area contributed by atoms with Crippen molar-refractivity contribution in [2.24, 2.45) is 0 Å². The molecule has 0 fully saturated rings. The molecule has 0 saturated heterocycles. The fraction of sp³-hybridized carbons (Fsp3) is 0.235. The van der Waals surface area contributed by atoms with Gasteiger partial charge in [-0.1, -0.05) is 12.1 Å². The topological polar surface area (TPSA) is 88.3 Å². The number of carbonyl (C=O) groups is 3. The number of para-hydroxylation sites is 1. The quantitative estimate of drug-likeness (QED) is 0.603. The van der Waals surface area contributed by atoms with Crippen LogP contribution >= 0.6 is 15.9 Å². The number of ether oxygens (including phenoxy) is 1. The summed E-state index contributed by atoms with van der Waals surface area (Å²) >= 11 is 3.35. The molecule has 24 heavy (non-hydrogen) atoms. The number of esters is 1. The van der Waals surface area contributed by atoms with E-state index in [1.54, 1.807) is 19.1 Å². The summed E-state index contributed by atoms with van der Waals surface area (Å²) in [7, 11) is 1.26. The second-order valence-corrected chi connectivity index (χ2v) is 6.09. The highest BCUT2D eigenvalue weighted by atomic mass is 79.9. The van der Waals surface area contributed by atoms with Gasteiger partial charge in [-0.05, 0) is 40.5 Å². The average molecular weight is 393 g/mol. The number of anilines is 1. The largest absolute Gasteiger partial charge is 0.465 e. The molecule has 0 radical (unpaired) electrons. The van der Waals surface area contributed by atoms with Crippen LogP contribution in [0, 0.1) is 6.92 Å². The summed E-state index contributed by atoms with van der Waals surface area (Å²) in [6.45, 7) is 3.04. The molecule has 2 N–H and O–H groups in total. The number of rotatable bonds is 5. The Bertz CT molecular complexity index is 811. The predicted molar refractivity (Wildman–Crippen MR) is 93.3 cm³/mol. The van der Waals surface area contributed by atoms with E-state index in [4.69, 9.17) is 4.74 Å². The summed E-state index contributed by atoms with van der Waals surface area (Å²) in [5.41, 5.74) is 1.99. The molecule has 2 rings (SSSR count). The second kappa shape index (κ2) is 7.44. The van der Waals surface area contributed by atoms with E-state index >= 15 is 0 Å². The van der Waals surface area contributed by atoms with E-state index in [0.29, 0.717) is 22.6 Å². The third-order valence-electron chi connectivity index (χ3n) is 3.55. The SMILES string of the molecule is COC(=O)c1c(CC(=O)Nc2ccccc2Br)[nH]c(C(C)=O)c1C. The van der Waals surface area contributed by atoms with Crippen molar-refractivity contribution in [3.8, 4) is 0 Å². The Morgan fingerprint density at radius 3 is 2.50 bits per heavy atom. The summed E-state index contributed by atoms with van der Waals surface area (Å²) in [5.74, 6) is -1.11. The van der Waals surface area contributed by atoms with Crippen molar-refractivity contribution in [2.75, 3.05) is 12.4 Å². The Balaban J connectivity index is 2.30. The van der Waals surface area contributed by atoms with E-state index < -0.39 is 5.97 Å². The number of aromatic nitrogens is 1. The molecule has 1 amide bonds. The molecule has 0 unspecified atom stereocenters. The van der Waals surface area contributed by atoms with Gasteiger partial charge in [0.25, 0.3) is 0 Å². The average Bonchev–Trinajstić information content (AvgIpc) is 2.85. The van der Waals surface area contributed by atoms with Crippen molar-refractivity contribution < 1.29 is 19.1 Å². The van der Waals surface area contributed by atoms with Crippen LogP contribution in [0.15, 0.2) is 28.7 Å². The first-order valence-electron chi connectivity index (χ1n) is 7.20. The summed E-state index contributed by atoms with van der Waals surface area (Å²) < 4.78 is 5.51. The highest BCUT2D eigenvalue weighted by molar-refractivity contribution is 9.10. The van der Waals surface area contributed by atoms with Crippen LogP contribution in [0.2, 0.25) is 0 Å². The lowest BCUT2D eigenvalue weighted by Gasteiger charge is -2.07. The van der Waals surface area contributed by atoms with Gasteiger partial charge in [-0.25, -0.2) is 4.79 Å². The number of ketones is 1. The molecular formula is C17H17BrN2O4. The Hall–Kier alpha value is -2.41. The van der Waals surface area contributed by atoms with Crippen LogP contribution < -0.4 is 5.32 Å². The van der Waals surface area contributed by atoms with Gasteiger partial charge in [0, 0.05) is 17.1 Å². The third kappa shape index (κ3) is 3.73. The van der Waals surface area contributed by atoms with Crippen LogP contribution in [0.1, 0.15) is 39.0 Å². The minimum Gasteiger partial charge on any atom is -0.465 e. The van der Waals surface area contributed by atoms with Gasteiger partial charge in [0.1, 0.15) is 0 Å². The molecule has 0 spiro atoms. The first-order valence-corrected chi connectivity index (χ1v) is 7.99. The molecule has 1 aromatic heterocycles. The van der Waals surface area contributed by atoms with Gasteiger partial charge in [0.15, 0.2) is 5.78 Å². The normalized spacial score (nSPS) is 10.3. The van der Waals surface area contributed by atoms with E-state index in [2.05, 4.69) is 26.2 Å². The van der Waals surface area contributed by atoms with Crippen molar-refractivity contribution in [2.45, 2.75) is 20.3 Å². The fourth-order valence-electron chi connectivity index (χ4n) is 2.44. The van der Waals surface area contributed by atoms with E-state index in [1.807, 2.05) is 12.1 Å². The molecule has 6 nitrogen and oxygen atoms in total. The van der Waals surface area contributed by atoms with Crippen molar-refractivity contribution in [1.29, 1.82) is 0 Å². The van der Waals surface area contributed by atoms with Gasteiger partial charge in [-0.3, -0.25) is 9.59 Å². The van der Waals surface area contributed by atoms with Crippen LogP contribution in [0.25, 0.3) is 0 Å². The number of nitrogens with one attached hydrogen (secondary N) is 2. The highest BCUT2D eigenvalue weighted by Gasteiger charge is 2.24. The molecule has 0 bridgehead atoms. The number of halogens is 1. The molecule has 1 heterocycles. The summed E-state index contributed by atoms with van der Waals surface area (Å²) in [4.78, 5) is 38.8. The Kier molecular flexibility index (Phi) is 5.56. The van der Waals surface area contributed by atoms with E-state index in [0.717, 1.165) is 4.47 Å². The lowest BCUT2D eigenvalue weighted by molar-refractivity contribution is -0.115. The smallest absolute Gasteiger partial charge is 0.339 e. The maximum absolute atomic E-state index is 12.3. The number of carbonyl (C=O) groups excluding carboxylic acids is 3. The predicted octanol–water partition coefficient (Wildman–Crippen LogP) is 3.26. The first kappa shape index (κ1) is 17.9. The maximum atomic E-state index is 12.3. The second-order valence-electron chi connectivity index (χ2n) is 5.23. The van der Waals surface area contributed by atoms with Crippen LogP contribution in [0.5, 0.6) is 0 Å². The molecule has 2 aromatic rings. The molecule has 0 aliphatic carbocycles. The molecule has 0 aliphatic heterocycles. The zero-order chi connectivity index (χ0) is 17.9. The van der Waals surface area contributed by atoms with Gasteiger partial charge in [-0.15, -0.1) is 0 Å². The van der Waals surface area contributed by atoms with Crippen molar-refractivity contribution in [3.05, 3.63) is 51.3 Å². The van der Waals surface area contributed by atoms with Gasteiger partial charge >= 0.3 is 5.97 Å². The number of H-pyrrole nitrogens is 1. The summed E-state index contributed by atoms with van der Waals surface area (Å²) in [5, 5.41) is 2.76. The van der Waals surface area contributed by atoms with Crippen LogP contribution in [0.4, 0.5) is 5.69 Å². The minimum atomic E-state index is -0.583. The minimum absolute atomic E-state index is 0.0834. The van der Waals surface area contributed by atoms with E-state index in [9.17, 15) is 14.4 Å². The lowest BCUT2D eigenvalue weighted by Crippen LogP contribution is -2.17. The van der Waals surface area contributed by atoms with Gasteiger partial charge in [0.05, 0.1) is 30.5 Å². The van der Waals surface area contributed by atoms with E-state index in [-0.39, 0.29) is 23.7 Å². The maximum Gasteiger partial charge on any atom is 0.339 e. The number of methoxy groups -OCH3 is 1. The van der Waals surface area contributed by atoms with Crippen LogP contribution in [0.3, 0.4) is 0 Å². The summed E-state index contributed by atoms with van der Waals surface area (Å²) in [6.07, 6.45) is -0.0834. The monoisotopic (exact) mass is 392 g/mol. The number of benzene rings is 1. The molecule has 1 aromatic carbocycles. The van der Waals surface area contributed by atoms with Crippen LogP contribution in [-0.2, 0) is 16.0 Å². The van der Waals surface area contributed by atoms with Crippen molar-refractivity contribution in [1.82, 2.24) is 4.98 Å². The molecule has 0 aliphatic rings. The Morgan fingerprint density at radius 2 is 1.92 bits per heavy atom. The van der Waals surface area contributed by atoms with E-state index in [1.165, 1.54) is 14.0 Å². The number of hydrogen-bond donors (Lipinski definition) is 2. The Morgan fingerprint density at radius 1 is 1.25 bits per heavy atom. The first-order chi connectivity index (χ1) is 11.3. The summed E-state index contributed by atoms with van der Waals surface area (Å²) in [6, 6.07) is 7.20. The molecular weight excluding hydrogens is 376 g/mol.